The molecule has 1 aliphatic rings. The van der Waals surface area contributed by atoms with E-state index >= 15 is 0 Å². The van der Waals surface area contributed by atoms with E-state index in [4.69, 9.17) is 5.73 Å². The van der Waals surface area contributed by atoms with E-state index in [0.29, 0.717) is 24.7 Å². The predicted molar refractivity (Wildman–Crippen MR) is 76.5 cm³/mol. The zero-order valence-corrected chi connectivity index (χ0v) is 11.9. The lowest BCUT2D eigenvalue weighted by Gasteiger charge is -2.20. The first-order valence-corrected chi connectivity index (χ1v) is 8.12. The van der Waals surface area contributed by atoms with Crippen molar-refractivity contribution in [3.63, 3.8) is 0 Å². The standard InChI is InChI=1S/C13H21N3O2S/c1-2-15-19(17,18)13-6-4-3-5-11(13)16-12(9-14)10-7-8-10/h3-6,10,12,15-16H,2,7-9,14H2,1H3. The Kier molecular flexibility index (Phi) is 4.44. The number of anilines is 1. The fourth-order valence-electron chi connectivity index (χ4n) is 2.16. The minimum absolute atomic E-state index is 0.151. The second-order valence-electron chi connectivity index (χ2n) is 4.82. The summed E-state index contributed by atoms with van der Waals surface area (Å²) in [5, 5.41) is 3.28. The van der Waals surface area contributed by atoms with Gasteiger partial charge in [-0.1, -0.05) is 19.1 Å². The van der Waals surface area contributed by atoms with Gasteiger partial charge >= 0.3 is 0 Å². The normalized spacial score (nSPS) is 17.2. The van der Waals surface area contributed by atoms with Crippen molar-refractivity contribution in [2.45, 2.75) is 30.7 Å². The highest BCUT2D eigenvalue weighted by Crippen LogP contribution is 2.34. The molecule has 1 fully saturated rings. The fourth-order valence-corrected chi connectivity index (χ4v) is 3.37. The van der Waals surface area contributed by atoms with Crippen LogP contribution in [0.3, 0.4) is 0 Å². The van der Waals surface area contributed by atoms with Gasteiger partial charge in [-0.2, -0.15) is 0 Å². The topological polar surface area (TPSA) is 84.2 Å². The van der Waals surface area contributed by atoms with Gasteiger partial charge in [-0.25, -0.2) is 13.1 Å². The number of nitrogens with one attached hydrogen (secondary N) is 2. The largest absolute Gasteiger partial charge is 0.380 e. The lowest BCUT2D eigenvalue weighted by atomic mass is 10.1. The molecule has 0 bridgehead atoms. The van der Waals surface area contributed by atoms with Crippen LogP contribution >= 0.6 is 0 Å². The van der Waals surface area contributed by atoms with Gasteiger partial charge in [0.15, 0.2) is 0 Å². The second kappa shape index (κ2) is 5.90. The first-order valence-electron chi connectivity index (χ1n) is 6.63. The Balaban J connectivity index is 2.25. The summed E-state index contributed by atoms with van der Waals surface area (Å²) < 4.78 is 26.8. The smallest absolute Gasteiger partial charge is 0.242 e. The number of rotatable bonds is 7. The molecule has 6 heteroatoms. The Bertz CT molecular complexity index is 526. The summed E-state index contributed by atoms with van der Waals surface area (Å²) in [5.74, 6) is 0.569. The Labute approximate surface area is 114 Å². The maximum Gasteiger partial charge on any atom is 0.242 e. The third-order valence-corrected chi connectivity index (χ3v) is 4.90. The molecule has 0 radical (unpaired) electrons. The van der Waals surface area contributed by atoms with Crippen LogP contribution in [0.5, 0.6) is 0 Å². The van der Waals surface area contributed by atoms with E-state index in [1.165, 1.54) is 0 Å². The van der Waals surface area contributed by atoms with Gasteiger partial charge < -0.3 is 11.1 Å². The van der Waals surface area contributed by atoms with Crippen LogP contribution in [0.1, 0.15) is 19.8 Å². The summed E-state index contributed by atoms with van der Waals surface area (Å²) in [6, 6.07) is 7.10. The summed E-state index contributed by atoms with van der Waals surface area (Å²) >= 11 is 0. The van der Waals surface area contributed by atoms with E-state index in [2.05, 4.69) is 10.0 Å². The Morgan fingerprint density at radius 3 is 2.63 bits per heavy atom. The molecule has 0 aromatic heterocycles. The molecule has 2 rings (SSSR count). The molecule has 1 unspecified atom stereocenters. The minimum Gasteiger partial charge on any atom is -0.380 e. The van der Waals surface area contributed by atoms with Gasteiger partial charge in [-0.15, -0.1) is 0 Å². The maximum absolute atomic E-state index is 12.1. The first-order chi connectivity index (χ1) is 9.08. The Morgan fingerprint density at radius 2 is 2.05 bits per heavy atom. The van der Waals surface area contributed by atoms with Gasteiger partial charge in [0.2, 0.25) is 10.0 Å². The van der Waals surface area contributed by atoms with Crippen molar-refractivity contribution in [1.29, 1.82) is 0 Å². The highest BCUT2D eigenvalue weighted by atomic mass is 32.2. The van der Waals surface area contributed by atoms with E-state index in [1.807, 2.05) is 6.07 Å². The summed E-state index contributed by atoms with van der Waals surface area (Å²) in [6.45, 7) is 2.65. The predicted octanol–water partition coefficient (Wildman–Crippen LogP) is 1.13. The quantitative estimate of drug-likeness (QED) is 0.700. The van der Waals surface area contributed by atoms with Gasteiger partial charge in [0, 0.05) is 19.1 Å². The van der Waals surface area contributed by atoms with E-state index in [9.17, 15) is 8.42 Å². The molecule has 106 valence electrons. The van der Waals surface area contributed by atoms with Crippen molar-refractivity contribution in [3.05, 3.63) is 24.3 Å². The van der Waals surface area contributed by atoms with Crippen LogP contribution in [-0.2, 0) is 10.0 Å². The first kappa shape index (κ1) is 14.3. The van der Waals surface area contributed by atoms with Crippen LogP contribution < -0.4 is 15.8 Å². The molecule has 19 heavy (non-hydrogen) atoms. The van der Waals surface area contributed by atoms with E-state index < -0.39 is 10.0 Å². The van der Waals surface area contributed by atoms with Crippen LogP contribution in [0.2, 0.25) is 0 Å². The van der Waals surface area contributed by atoms with E-state index in [-0.39, 0.29) is 10.9 Å². The number of hydrogen-bond donors (Lipinski definition) is 3. The monoisotopic (exact) mass is 283 g/mol. The van der Waals surface area contributed by atoms with Crippen LogP contribution in [0, 0.1) is 5.92 Å². The minimum atomic E-state index is -3.45. The average molecular weight is 283 g/mol. The van der Waals surface area contributed by atoms with Crippen LogP contribution in [0.4, 0.5) is 5.69 Å². The molecule has 4 N–H and O–H groups in total. The number of benzene rings is 1. The molecule has 1 aromatic rings. The molecule has 0 spiro atoms. The summed E-state index contributed by atoms with van der Waals surface area (Å²) in [4.78, 5) is 0.288. The fraction of sp³-hybridized carbons (Fsp3) is 0.538. The molecular weight excluding hydrogens is 262 g/mol. The molecule has 1 atom stereocenters. The zero-order chi connectivity index (χ0) is 13.9. The summed E-state index contributed by atoms with van der Waals surface area (Å²) in [7, 11) is -3.45. The van der Waals surface area contributed by atoms with Crippen molar-refractivity contribution in [3.8, 4) is 0 Å². The zero-order valence-electron chi connectivity index (χ0n) is 11.1. The van der Waals surface area contributed by atoms with E-state index in [1.54, 1.807) is 25.1 Å². The van der Waals surface area contributed by atoms with E-state index in [0.717, 1.165) is 12.8 Å². The highest BCUT2D eigenvalue weighted by molar-refractivity contribution is 7.89. The Morgan fingerprint density at radius 1 is 1.37 bits per heavy atom. The lowest BCUT2D eigenvalue weighted by Crippen LogP contribution is -2.32. The Hall–Kier alpha value is -1.11. The van der Waals surface area contributed by atoms with Crippen molar-refractivity contribution in [1.82, 2.24) is 4.72 Å². The lowest BCUT2D eigenvalue weighted by molar-refractivity contribution is 0.583. The number of nitrogens with two attached hydrogens (primary N) is 1. The van der Waals surface area contributed by atoms with Gasteiger partial charge in [0.05, 0.1) is 5.69 Å². The van der Waals surface area contributed by atoms with Gasteiger partial charge in [0.25, 0.3) is 0 Å². The molecular formula is C13H21N3O2S. The maximum atomic E-state index is 12.1. The molecule has 1 aromatic carbocycles. The van der Waals surface area contributed by atoms with Crippen molar-refractivity contribution < 1.29 is 8.42 Å². The van der Waals surface area contributed by atoms with Gasteiger partial charge in [0.1, 0.15) is 4.90 Å². The molecule has 0 aliphatic heterocycles. The molecule has 0 heterocycles. The molecule has 0 amide bonds. The molecule has 1 saturated carbocycles. The molecule has 0 saturated heterocycles. The summed E-state index contributed by atoms with van der Waals surface area (Å²) in [6.07, 6.45) is 2.33. The molecule has 1 aliphatic carbocycles. The van der Waals surface area contributed by atoms with Crippen molar-refractivity contribution in [2.24, 2.45) is 11.7 Å². The van der Waals surface area contributed by atoms with Gasteiger partial charge in [-0.3, -0.25) is 0 Å². The summed E-state index contributed by atoms with van der Waals surface area (Å²) in [5.41, 5.74) is 6.38. The second-order valence-corrected chi connectivity index (χ2v) is 6.56. The van der Waals surface area contributed by atoms with Gasteiger partial charge in [-0.05, 0) is 30.9 Å². The SMILES string of the molecule is CCNS(=O)(=O)c1ccccc1NC(CN)C1CC1. The number of sulfonamides is 1. The number of para-hydroxylation sites is 1. The van der Waals surface area contributed by atoms with Crippen molar-refractivity contribution >= 4 is 15.7 Å². The average Bonchev–Trinajstić information content (AvgIpc) is 3.20. The number of hydrogen-bond acceptors (Lipinski definition) is 4. The van der Waals surface area contributed by atoms with Crippen LogP contribution in [-0.4, -0.2) is 27.5 Å². The third-order valence-electron chi connectivity index (χ3n) is 3.30. The third kappa shape index (κ3) is 3.46. The van der Waals surface area contributed by atoms with Crippen LogP contribution in [0.15, 0.2) is 29.2 Å². The highest BCUT2D eigenvalue weighted by Gasteiger charge is 2.31. The van der Waals surface area contributed by atoms with Crippen molar-refractivity contribution in [2.75, 3.05) is 18.4 Å². The van der Waals surface area contributed by atoms with Crippen LogP contribution in [0.25, 0.3) is 0 Å². The molecule has 5 nitrogen and oxygen atoms in total.